The molecule has 2 heterocycles. The van der Waals surface area contributed by atoms with E-state index in [1.54, 1.807) is 0 Å². The number of nitrogens with two attached hydrogens (primary N) is 1. The van der Waals surface area contributed by atoms with Crippen LogP contribution >= 0.6 is 0 Å². The Morgan fingerprint density at radius 2 is 1.84 bits per heavy atom. The highest BCUT2D eigenvalue weighted by Gasteiger charge is 2.40. The summed E-state index contributed by atoms with van der Waals surface area (Å²) < 4.78 is 65.6. The average molecular weight is 473 g/mol. The molecule has 1 saturated carbocycles. The maximum Gasteiger partial charge on any atom is 0.417 e. The minimum atomic E-state index is -4.90. The number of nitrogens with zero attached hydrogens (tertiary/aromatic N) is 3. The number of sulfonamides is 1. The van der Waals surface area contributed by atoms with Crippen LogP contribution in [0.25, 0.3) is 11.4 Å². The molecule has 2 aromatic rings. The summed E-state index contributed by atoms with van der Waals surface area (Å²) in [7, 11) is -4.71. The van der Waals surface area contributed by atoms with Gasteiger partial charge in [0.15, 0.2) is 0 Å². The number of aromatic nitrogens is 4. The van der Waals surface area contributed by atoms with Crippen molar-refractivity contribution in [3.63, 3.8) is 0 Å². The van der Waals surface area contributed by atoms with Crippen LogP contribution in [0.1, 0.15) is 62.0 Å². The number of halogens is 3. The zero-order valence-electron chi connectivity index (χ0n) is 17.5. The number of rotatable bonds is 5. The molecule has 0 bridgehead atoms. The summed E-state index contributed by atoms with van der Waals surface area (Å²) in [5.41, 5.74) is -1.04. The van der Waals surface area contributed by atoms with E-state index >= 15 is 0 Å². The van der Waals surface area contributed by atoms with Gasteiger partial charge < -0.3 is 5.32 Å². The molecular formula is C20H27F3N6O2S. The first kappa shape index (κ1) is 23.1. The second-order valence-electron chi connectivity index (χ2n) is 8.85. The number of H-pyrrole nitrogens is 1. The predicted molar refractivity (Wildman–Crippen MR) is 111 cm³/mol. The monoisotopic (exact) mass is 472 g/mol. The van der Waals surface area contributed by atoms with E-state index in [1.165, 1.54) is 18.9 Å². The summed E-state index contributed by atoms with van der Waals surface area (Å²) in [6.07, 6.45) is 2.06. The normalized spacial score (nSPS) is 25.1. The Kier molecular flexibility index (Phi) is 6.55. The Labute approximate surface area is 184 Å². The topological polar surface area (TPSA) is 127 Å². The van der Waals surface area contributed by atoms with Gasteiger partial charge in [-0.2, -0.15) is 18.4 Å². The smallest absolute Gasteiger partial charge is 0.316 e. The number of tetrazole rings is 1. The van der Waals surface area contributed by atoms with Crippen molar-refractivity contribution in [3.8, 4) is 11.4 Å². The van der Waals surface area contributed by atoms with Crippen molar-refractivity contribution >= 4 is 10.0 Å². The first-order chi connectivity index (χ1) is 15.1. The first-order valence-corrected chi connectivity index (χ1v) is 12.4. The second kappa shape index (κ2) is 9.06. The number of hydrogen-bond acceptors (Lipinski definition) is 6. The number of piperidine rings is 1. The Bertz CT molecular complexity index is 1030. The fraction of sp³-hybridized carbons (Fsp3) is 0.650. The fourth-order valence-electron chi connectivity index (χ4n) is 5.26. The molecule has 0 amide bonds. The maximum atomic E-state index is 13.7. The number of alkyl halides is 3. The van der Waals surface area contributed by atoms with Crippen molar-refractivity contribution in [2.24, 2.45) is 17.0 Å². The van der Waals surface area contributed by atoms with E-state index < -0.39 is 26.7 Å². The van der Waals surface area contributed by atoms with Crippen molar-refractivity contribution in [1.82, 2.24) is 25.9 Å². The fourth-order valence-corrected chi connectivity index (χ4v) is 6.24. The summed E-state index contributed by atoms with van der Waals surface area (Å²) in [5.74, 6) is 0.926. The Morgan fingerprint density at radius 3 is 2.41 bits per heavy atom. The molecular weight excluding hydrogens is 445 g/mol. The van der Waals surface area contributed by atoms with E-state index in [0.29, 0.717) is 17.4 Å². The highest BCUT2D eigenvalue weighted by atomic mass is 32.2. The van der Waals surface area contributed by atoms with Gasteiger partial charge in [0.2, 0.25) is 15.8 Å². The molecule has 0 spiro atoms. The molecule has 1 aromatic heterocycles. The molecule has 1 aliphatic carbocycles. The van der Waals surface area contributed by atoms with Crippen molar-refractivity contribution < 1.29 is 21.6 Å². The van der Waals surface area contributed by atoms with Gasteiger partial charge in [0, 0.05) is 5.56 Å². The third-order valence-electron chi connectivity index (χ3n) is 6.70. The SMILES string of the molecule is NS(=O)(=O)c1c(C(F)(F)F)ccc(C2CCC(CC3CCCNC3)CC2)c1-c1nn[nH]n1. The van der Waals surface area contributed by atoms with Gasteiger partial charge in [-0.05, 0) is 92.6 Å². The lowest BCUT2D eigenvalue weighted by Crippen LogP contribution is -2.31. The molecule has 1 aliphatic heterocycles. The number of benzene rings is 1. The van der Waals surface area contributed by atoms with Crippen LogP contribution in [-0.2, 0) is 16.2 Å². The van der Waals surface area contributed by atoms with Crippen molar-refractivity contribution in [2.75, 3.05) is 13.1 Å². The van der Waals surface area contributed by atoms with E-state index in [2.05, 4.69) is 25.9 Å². The molecule has 1 saturated heterocycles. The largest absolute Gasteiger partial charge is 0.417 e. The molecule has 32 heavy (non-hydrogen) atoms. The molecule has 8 nitrogen and oxygen atoms in total. The van der Waals surface area contributed by atoms with Crippen LogP contribution in [0.4, 0.5) is 13.2 Å². The van der Waals surface area contributed by atoms with Gasteiger partial charge in [-0.25, -0.2) is 13.6 Å². The summed E-state index contributed by atoms with van der Waals surface area (Å²) in [5, 5.41) is 21.9. The zero-order valence-corrected chi connectivity index (χ0v) is 18.3. The molecule has 4 rings (SSSR count). The lowest BCUT2D eigenvalue weighted by atomic mass is 9.74. The van der Waals surface area contributed by atoms with Gasteiger partial charge in [-0.1, -0.05) is 6.07 Å². The molecule has 1 unspecified atom stereocenters. The minimum absolute atomic E-state index is 0.105. The van der Waals surface area contributed by atoms with Gasteiger partial charge >= 0.3 is 6.18 Å². The minimum Gasteiger partial charge on any atom is -0.316 e. The Morgan fingerprint density at radius 1 is 1.09 bits per heavy atom. The van der Waals surface area contributed by atoms with E-state index in [0.717, 1.165) is 51.3 Å². The third-order valence-corrected chi connectivity index (χ3v) is 7.69. The Balaban J connectivity index is 1.66. The van der Waals surface area contributed by atoms with Crippen molar-refractivity contribution in [2.45, 2.75) is 61.9 Å². The molecule has 2 fully saturated rings. The summed E-state index contributed by atoms with van der Waals surface area (Å²) in [4.78, 5) is -0.987. The van der Waals surface area contributed by atoms with Gasteiger partial charge in [0.25, 0.3) is 0 Å². The molecule has 1 aromatic carbocycles. The lowest BCUT2D eigenvalue weighted by molar-refractivity contribution is -0.139. The van der Waals surface area contributed by atoms with Gasteiger partial charge in [0.05, 0.1) is 5.56 Å². The standard InChI is InChI=1S/C20H27F3N6O2S/c21-20(22,23)16-8-7-15(17(18(16)32(24,30)31)19-26-28-29-27-19)14-5-3-12(4-6-14)10-13-2-1-9-25-11-13/h7-8,12-14,25H,1-6,9-11H2,(H2,24,30,31)(H,26,27,28,29). The Hall–Kier alpha value is -2.05. The molecule has 4 N–H and O–H groups in total. The highest BCUT2D eigenvalue weighted by Crippen LogP contribution is 2.46. The number of nitrogens with one attached hydrogen (secondary N) is 2. The molecule has 1 atom stereocenters. The van der Waals surface area contributed by atoms with Gasteiger partial charge in [-0.3, -0.25) is 0 Å². The second-order valence-corrected chi connectivity index (χ2v) is 10.3. The number of aromatic amines is 1. The van der Waals surface area contributed by atoms with Crippen molar-refractivity contribution in [1.29, 1.82) is 0 Å². The maximum absolute atomic E-state index is 13.7. The van der Waals surface area contributed by atoms with Gasteiger partial charge in [-0.15, -0.1) is 10.2 Å². The first-order valence-electron chi connectivity index (χ1n) is 10.9. The van der Waals surface area contributed by atoms with Gasteiger partial charge in [0.1, 0.15) is 4.90 Å². The predicted octanol–water partition coefficient (Wildman–Crippen LogP) is 3.20. The lowest BCUT2D eigenvalue weighted by Gasteiger charge is -2.33. The van der Waals surface area contributed by atoms with Crippen LogP contribution in [0.2, 0.25) is 0 Å². The summed E-state index contributed by atoms with van der Waals surface area (Å²) in [6, 6.07) is 2.15. The summed E-state index contributed by atoms with van der Waals surface area (Å²) in [6.45, 7) is 2.11. The van der Waals surface area contributed by atoms with Crippen molar-refractivity contribution in [3.05, 3.63) is 23.3 Å². The van der Waals surface area contributed by atoms with E-state index in [4.69, 9.17) is 5.14 Å². The number of hydrogen-bond donors (Lipinski definition) is 3. The zero-order chi connectivity index (χ0) is 22.9. The van der Waals surface area contributed by atoms with Crippen LogP contribution in [0.15, 0.2) is 17.0 Å². The number of primary sulfonamides is 1. The van der Waals surface area contributed by atoms with Crippen LogP contribution in [0, 0.1) is 11.8 Å². The molecule has 0 radical (unpaired) electrons. The average Bonchev–Trinajstić information content (AvgIpc) is 3.27. The van der Waals surface area contributed by atoms with Crippen LogP contribution in [-0.4, -0.2) is 42.1 Å². The third kappa shape index (κ3) is 4.96. The molecule has 2 aliphatic rings. The highest BCUT2D eigenvalue weighted by molar-refractivity contribution is 7.89. The van der Waals surface area contributed by atoms with E-state index in [-0.39, 0.29) is 17.3 Å². The molecule has 12 heteroatoms. The van der Waals surface area contributed by atoms with Crippen LogP contribution in [0.3, 0.4) is 0 Å². The quantitative estimate of drug-likeness (QED) is 0.613. The summed E-state index contributed by atoms with van der Waals surface area (Å²) >= 11 is 0. The van der Waals surface area contributed by atoms with E-state index in [9.17, 15) is 21.6 Å². The van der Waals surface area contributed by atoms with Crippen LogP contribution < -0.4 is 10.5 Å². The molecule has 176 valence electrons. The van der Waals surface area contributed by atoms with Crippen LogP contribution in [0.5, 0.6) is 0 Å². The van der Waals surface area contributed by atoms with E-state index in [1.807, 2.05) is 0 Å².